The minimum Gasteiger partial charge on any atom is -0.355 e. The van der Waals surface area contributed by atoms with Crippen molar-refractivity contribution in [3.63, 3.8) is 0 Å². The summed E-state index contributed by atoms with van der Waals surface area (Å²) < 4.78 is 12.9. The molecule has 0 aliphatic carbocycles. The van der Waals surface area contributed by atoms with E-state index in [1.54, 1.807) is 12.1 Å². The van der Waals surface area contributed by atoms with Crippen LogP contribution >= 0.6 is 0 Å². The summed E-state index contributed by atoms with van der Waals surface area (Å²) in [5.74, 6) is 1.26. The number of rotatable bonds is 5. The molecule has 0 saturated carbocycles. The number of benzene rings is 1. The van der Waals surface area contributed by atoms with Gasteiger partial charge in [-0.2, -0.15) is 4.98 Å². The lowest BCUT2D eigenvalue weighted by molar-refractivity contribution is 0.627. The van der Waals surface area contributed by atoms with Crippen LogP contribution in [0.5, 0.6) is 0 Å². The summed E-state index contributed by atoms with van der Waals surface area (Å²) in [4.78, 5) is 10.8. The van der Waals surface area contributed by atoms with Crippen molar-refractivity contribution in [2.75, 3.05) is 23.8 Å². The van der Waals surface area contributed by atoms with Crippen molar-refractivity contribution in [3.05, 3.63) is 47.4 Å². The van der Waals surface area contributed by atoms with Crippen molar-refractivity contribution in [1.29, 1.82) is 0 Å². The van der Waals surface area contributed by atoms with Gasteiger partial charge in [-0.3, -0.25) is 0 Å². The van der Waals surface area contributed by atoms with E-state index in [4.69, 9.17) is 0 Å². The number of halogens is 1. The van der Waals surface area contributed by atoms with Crippen LogP contribution in [0.25, 0.3) is 0 Å². The molecule has 4 nitrogen and oxygen atoms in total. The number of hydrogen-bond donors (Lipinski definition) is 1. The molecular formula is C15H19FN4. The summed E-state index contributed by atoms with van der Waals surface area (Å²) in [6.07, 6.45) is 0. The van der Waals surface area contributed by atoms with E-state index in [-0.39, 0.29) is 5.82 Å². The highest BCUT2D eigenvalue weighted by atomic mass is 19.1. The third-order valence-electron chi connectivity index (χ3n) is 2.90. The standard InChI is InChI=1S/C15H19FN4/c1-4-17-15-18-11(2)9-14(19-15)20(3)10-12-5-7-13(16)8-6-12/h5-9H,4,10H2,1-3H3,(H,17,18,19). The Labute approximate surface area is 118 Å². The lowest BCUT2D eigenvalue weighted by Crippen LogP contribution is -2.19. The third kappa shape index (κ3) is 3.66. The predicted octanol–water partition coefficient (Wildman–Crippen LogP) is 2.99. The maximum atomic E-state index is 12.9. The molecule has 0 aliphatic heterocycles. The smallest absolute Gasteiger partial charge is 0.224 e. The molecular weight excluding hydrogens is 255 g/mol. The van der Waals surface area contributed by atoms with Crippen LogP contribution in [0.1, 0.15) is 18.2 Å². The second-order valence-corrected chi connectivity index (χ2v) is 4.70. The second-order valence-electron chi connectivity index (χ2n) is 4.70. The molecule has 0 saturated heterocycles. The zero-order valence-corrected chi connectivity index (χ0v) is 12.0. The van der Waals surface area contributed by atoms with E-state index in [9.17, 15) is 4.39 Å². The second kappa shape index (κ2) is 6.32. The van der Waals surface area contributed by atoms with Gasteiger partial charge in [0.05, 0.1) is 0 Å². The van der Waals surface area contributed by atoms with Gasteiger partial charge in [-0.1, -0.05) is 12.1 Å². The fourth-order valence-corrected chi connectivity index (χ4v) is 1.93. The highest BCUT2D eigenvalue weighted by Crippen LogP contribution is 2.16. The van der Waals surface area contributed by atoms with Crippen molar-refractivity contribution in [2.24, 2.45) is 0 Å². The molecule has 2 rings (SSSR count). The van der Waals surface area contributed by atoms with Crippen molar-refractivity contribution >= 4 is 11.8 Å². The first-order valence-corrected chi connectivity index (χ1v) is 6.63. The lowest BCUT2D eigenvalue weighted by Gasteiger charge is -2.19. The maximum absolute atomic E-state index is 12.9. The van der Waals surface area contributed by atoms with Crippen LogP contribution in [0.15, 0.2) is 30.3 Å². The molecule has 0 unspecified atom stereocenters. The normalized spacial score (nSPS) is 10.4. The molecule has 1 aromatic carbocycles. The molecule has 0 aliphatic rings. The van der Waals surface area contributed by atoms with Gasteiger partial charge in [0, 0.05) is 31.9 Å². The molecule has 0 amide bonds. The molecule has 20 heavy (non-hydrogen) atoms. The molecule has 0 atom stereocenters. The summed E-state index contributed by atoms with van der Waals surface area (Å²) in [7, 11) is 1.96. The summed E-state index contributed by atoms with van der Waals surface area (Å²) >= 11 is 0. The minimum atomic E-state index is -0.219. The van der Waals surface area contributed by atoms with Crippen molar-refractivity contribution in [3.8, 4) is 0 Å². The average molecular weight is 274 g/mol. The number of nitrogens with zero attached hydrogens (tertiary/aromatic N) is 3. The van der Waals surface area contributed by atoms with Crippen molar-refractivity contribution < 1.29 is 4.39 Å². The van der Waals surface area contributed by atoms with Crippen LogP contribution in [-0.4, -0.2) is 23.6 Å². The zero-order valence-electron chi connectivity index (χ0n) is 12.0. The number of nitrogens with one attached hydrogen (secondary N) is 1. The first-order valence-electron chi connectivity index (χ1n) is 6.63. The Morgan fingerprint density at radius 1 is 1.20 bits per heavy atom. The van der Waals surface area contributed by atoms with E-state index >= 15 is 0 Å². The van der Waals surface area contributed by atoms with Gasteiger partial charge in [0.1, 0.15) is 11.6 Å². The van der Waals surface area contributed by atoms with Gasteiger partial charge in [0.15, 0.2) is 0 Å². The minimum absolute atomic E-state index is 0.219. The van der Waals surface area contributed by atoms with Gasteiger partial charge in [-0.05, 0) is 31.5 Å². The quantitative estimate of drug-likeness (QED) is 0.910. The Hall–Kier alpha value is -2.17. The first-order chi connectivity index (χ1) is 9.58. The Kier molecular flexibility index (Phi) is 4.50. The molecule has 0 bridgehead atoms. The van der Waals surface area contributed by atoms with Crippen LogP contribution in [0, 0.1) is 12.7 Å². The number of hydrogen-bond acceptors (Lipinski definition) is 4. The summed E-state index contributed by atoms with van der Waals surface area (Å²) in [5, 5.41) is 3.12. The molecule has 0 fully saturated rings. The third-order valence-corrected chi connectivity index (χ3v) is 2.90. The average Bonchev–Trinajstić information content (AvgIpc) is 2.41. The number of aryl methyl sites for hydroxylation is 1. The summed E-state index contributed by atoms with van der Waals surface area (Å²) in [6.45, 7) is 5.40. The predicted molar refractivity (Wildman–Crippen MR) is 79.4 cm³/mol. The highest BCUT2D eigenvalue weighted by Gasteiger charge is 2.07. The topological polar surface area (TPSA) is 41.1 Å². The molecule has 5 heteroatoms. The zero-order chi connectivity index (χ0) is 14.5. The van der Waals surface area contributed by atoms with Crippen LogP contribution < -0.4 is 10.2 Å². The highest BCUT2D eigenvalue weighted by molar-refractivity contribution is 5.44. The molecule has 1 aromatic heterocycles. The van der Waals surface area contributed by atoms with Gasteiger partial charge in [0.2, 0.25) is 5.95 Å². The molecule has 106 valence electrons. The molecule has 0 radical (unpaired) electrons. The van der Waals surface area contributed by atoms with Gasteiger partial charge in [0.25, 0.3) is 0 Å². The summed E-state index contributed by atoms with van der Waals surface area (Å²) in [6, 6.07) is 8.44. The van der Waals surface area contributed by atoms with E-state index in [2.05, 4.69) is 15.3 Å². The monoisotopic (exact) mass is 274 g/mol. The molecule has 0 spiro atoms. The Morgan fingerprint density at radius 2 is 1.90 bits per heavy atom. The van der Waals surface area contributed by atoms with Gasteiger partial charge >= 0.3 is 0 Å². The fourth-order valence-electron chi connectivity index (χ4n) is 1.93. The SMILES string of the molecule is CCNc1nc(C)cc(N(C)Cc2ccc(F)cc2)n1. The van der Waals surface area contributed by atoms with E-state index in [0.29, 0.717) is 12.5 Å². The van der Waals surface area contributed by atoms with E-state index in [1.807, 2.05) is 31.9 Å². The van der Waals surface area contributed by atoms with Gasteiger partial charge in [-0.15, -0.1) is 0 Å². The Bertz CT molecular complexity index is 569. The van der Waals surface area contributed by atoms with Crippen LogP contribution in [-0.2, 0) is 6.54 Å². The van der Waals surface area contributed by atoms with E-state index < -0.39 is 0 Å². The van der Waals surface area contributed by atoms with Crippen LogP contribution in [0.3, 0.4) is 0 Å². The van der Waals surface area contributed by atoms with E-state index in [1.165, 1.54) is 12.1 Å². The van der Waals surface area contributed by atoms with Crippen LogP contribution in [0.2, 0.25) is 0 Å². The first kappa shape index (κ1) is 14.2. The fraction of sp³-hybridized carbons (Fsp3) is 0.333. The molecule has 2 aromatic rings. The van der Waals surface area contributed by atoms with Crippen molar-refractivity contribution in [2.45, 2.75) is 20.4 Å². The molecule has 1 N–H and O–H groups in total. The lowest BCUT2D eigenvalue weighted by atomic mass is 10.2. The Morgan fingerprint density at radius 3 is 2.55 bits per heavy atom. The van der Waals surface area contributed by atoms with Crippen LogP contribution in [0.4, 0.5) is 16.2 Å². The van der Waals surface area contributed by atoms with E-state index in [0.717, 1.165) is 23.6 Å². The number of aromatic nitrogens is 2. The van der Waals surface area contributed by atoms with Gasteiger partial charge in [-0.25, -0.2) is 9.37 Å². The largest absolute Gasteiger partial charge is 0.355 e. The maximum Gasteiger partial charge on any atom is 0.224 e. The van der Waals surface area contributed by atoms with Crippen molar-refractivity contribution in [1.82, 2.24) is 9.97 Å². The Balaban J connectivity index is 2.15. The molecule has 1 heterocycles. The van der Waals surface area contributed by atoms with Gasteiger partial charge < -0.3 is 10.2 Å². The number of anilines is 2. The summed E-state index contributed by atoms with van der Waals surface area (Å²) in [5.41, 5.74) is 1.95.